The third-order valence-electron chi connectivity index (χ3n) is 5.22. The number of hydrogen-bond donors (Lipinski definition) is 4. The molecule has 1 aliphatic rings. The van der Waals surface area contributed by atoms with Gasteiger partial charge in [-0.3, -0.25) is 15.4 Å². The summed E-state index contributed by atoms with van der Waals surface area (Å²) < 4.78 is 0. The molecule has 8 nitrogen and oxygen atoms in total. The van der Waals surface area contributed by atoms with Gasteiger partial charge in [0.05, 0.1) is 34.9 Å². The summed E-state index contributed by atoms with van der Waals surface area (Å²) in [6, 6.07) is 5.83. The molecular weight excluding hydrogens is 364 g/mol. The van der Waals surface area contributed by atoms with Crippen molar-refractivity contribution in [3.8, 4) is 0 Å². The second-order valence-electron chi connectivity index (χ2n) is 7.33. The molecule has 0 spiro atoms. The van der Waals surface area contributed by atoms with Crippen molar-refractivity contribution in [3.63, 3.8) is 0 Å². The van der Waals surface area contributed by atoms with Crippen LogP contribution in [0.25, 0.3) is 0 Å². The highest BCUT2D eigenvalue weighted by Crippen LogP contribution is 2.24. The van der Waals surface area contributed by atoms with Crippen molar-refractivity contribution < 1.29 is 0 Å². The minimum atomic E-state index is -0.355. The number of piperidine rings is 1. The fourth-order valence-electron chi connectivity index (χ4n) is 3.47. The number of nitrogens with one attached hydrogen (secondary N) is 2. The van der Waals surface area contributed by atoms with Gasteiger partial charge in [0.2, 0.25) is 0 Å². The Kier molecular flexibility index (Phi) is 6.33. The number of rotatable bonds is 6. The molecule has 152 valence electrons. The van der Waals surface area contributed by atoms with Gasteiger partial charge in [-0.25, -0.2) is 4.98 Å². The van der Waals surface area contributed by atoms with Crippen molar-refractivity contribution in [2.24, 2.45) is 10.7 Å². The lowest BCUT2D eigenvalue weighted by Gasteiger charge is -2.32. The molecule has 1 aliphatic heterocycles. The number of aromatic nitrogens is 2. The first kappa shape index (κ1) is 20.6. The highest BCUT2D eigenvalue weighted by molar-refractivity contribution is 6.13. The number of nitrogens with zero attached hydrogens (tertiary/aromatic N) is 4. The molecule has 8 heteroatoms. The van der Waals surface area contributed by atoms with E-state index in [1.807, 2.05) is 19.1 Å². The van der Waals surface area contributed by atoms with Crippen molar-refractivity contribution >= 4 is 29.6 Å². The predicted octanol–water partition coefficient (Wildman–Crippen LogP) is 2.14. The molecule has 3 heterocycles. The van der Waals surface area contributed by atoms with Crippen LogP contribution >= 0.6 is 0 Å². The molecule has 1 saturated heterocycles. The molecule has 1 atom stereocenters. The molecule has 3 rings (SSSR count). The van der Waals surface area contributed by atoms with Gasteiger partial charge in [-0.05, 0) is 37.5 Å². The van der Waals surface area contributed by atoms with Crippen molar-refractivity contribution in [1.82, 2.24) is 9.97 Å². The lowest BCUT2D eigenvalue weighted by Crippen LogP contribution is -2.40. The summed E-state index contributed by atoms with van der Waals surface area (Å²) in [5, 5.41) is 16.3. The van der Waals surface area contributed by atoms with E-state index in [1.165, 1.54) is 12.4 Å². The maximum atomic E-state index is 8.72. The normalized spacial score (nSPS) is 16.2. The minimum absolute atomic E-state index is 0.235. The standard InChI is InChI=1S/C21H28N8/c1-13-3-4-18(28-21(13)29-7-5-15(23)6-8-29)20(25)16-9-19(27-12-17(16)24)14(10-22)11-26-2/h3-4,9-12,14-15,22,25H,5-8,23-24H2,1-2H3. The van der Waals surface area contributed by atoms with Gasteiger partial charge in [0.15, 0.2) is 0 Å². The van der Waals surface area contributed by atoms with Crippen molar-refractivity contribution in [1.29, 1.82) is 10.8 Å². The van der Waals surface area contributed by atoms with E-state index in [-0.39, 0.29) is 17.7 Å². The van der Waals surface area contributed by atoms with Crippen LogP contribution in [0.3, 0.4) is 0 Å². The van der Waals surface area contributed by atoms with Crippen LogP contribution in [0, 0.1) is 17.7 Å². The lowest BCUT2D eigenvalue weighted by molar-refractivity contribution is 0.498. The van der Waals surface area contributed by atoms with Crippen molar-refractivity contribution in [3.05, 3.63) is 46.9 Å². The Morgan fingerprint density at radius 1 is 1.34 bits per heavy atom. The van der Waals surface area contributed by atoms with E-state index in [2.05, 4.69) is 14.9 Å². The number of aryl methyl sites for hydroxylation is 1. The molecule has 0 bridgehead atoms. The van der Waals surface area contributed by atoms with Gasteiger partial charge >= 0.3 is 0 Å². The quantitative estimate of drug-likeness (QED) is 0.557. The maximum Gasteiger partial charge on any atom is 0.132 e. The number of nitrogen functional groups attached to an aromatic ring is 1. The van der Waals surface area contributed by atoms with Crippen LogP contribution in [-0.4, -0.2) is 54.3 Å². The van der Waals surface area contributed by atoms with Gasteiger partial charge in [0.1, 0.15) is 5.82 Å². The maximum absolute atomic E-state index is 8.72. The summed E-state index contributed by atoms with van der Waals surface area (Å²) in [6.07, 6.45) is 6.31. The molecule has 6 N–H and O–H groups in total. The van der Waals surface area contributed by atoms with Gasteiger partial charge in [-0.1, -0.05) is 6.07 Å². The van der Waals surface area contributed by atoms with E-state index in [0.29, 0.717) is 22.6 Å². The lowest BCUT2D eigenvalue weighted by atomic mass is 10.00. The number of hydrogen-bond acceptors (Lipinski definition) is 8. The first-order chi connectivity index (χ1) is 13.9. The predicted molar refractivity (Wildman–Crippen MR) is 119 cm³/mol. The third kappa shape index (κ3) is 4.48. The number of aliphatic imine (C=N–C) groups is 1. The van der Waals surface area contributed by atoms with E-state index in [1.54, 1.807) is 19.3 Å². The molecule has 2 aromatic rings. The Hall–Kier alpha value is -3.13. The Balaban J connectivity index is 1.94. The topological polar surface area (TPSA) is 141 Å². The summed E-state index contributed by atoms with van der Waals surface area (Å²) in [6.45, 7) is 3.76. The summed E-state index contributed by atoms with van der Waals surface area (Å²) in [5.41, 5.74) is 15.6. The first-order valence-electron chi connectivity index (χ1n) is 9.70. The second kappa shape index (κ2) is 8.91. The zero-order valence-electron chi connectivity index (χ0n) is 16.9. The van der Waals surface area contributed by atoms with Crippen LogP contribution in [0.15, 0.2) is 29.4 Å². The fourth-order valence-corrected chi connectivity index (χ4v) is 3.47. The van der Waals surface area contributed by atoms with Crippen LogP contribution in [-0.2, 0) is 0 Å². The second-order valence-corrected chi connectivity index (χ2v) is 7.33. The molecule has 1 fully saturated rings. The highest BCUT2D eigenvalue weighted by Gasteiger charge is 2.21. The van der Waals surface area contributed by atoms with Gasteiger partial charge in [-0.15, -0.1) is 0 Å². The van der Waals surface area contributed by atoms with Crippen LogP contribution in [0.5, 0.6) is 0 Å². The molecule has 29 heavy (non-hydrogen) atoms. The molecule has 0 radical (unpaired) electrons. The number of nitrogens with two attached hydrogens (primary N) is 2. The Labute approximate surface area is 171 Å². The van der Waals surface area contributed by atoms with E-state index in [0.717, 1.165) is 37.3 Å². The Morgan fingerprint density at radius 3 is 2.72 bits per heavy atom. The van der Waals surface area contributed by atoms with Crippen LogP contribution in [0.4, 0.5) is 11.5 Å². The molecular formula is C21H28N8. The summed E-state index contributed by atoms with van der Waals surface area (Å²) >= 11 is 0. The van der Waals surface area contributed by atoms with Crippen molar-refractivity contribution in [2.45, 2.75) is 31.7 Å². The zero-order chi connectivity index (χ0) is 21.0. The third-order valence-corrected chi connectivity index (χ3v) is 5.22. The summed E-state index contributed by atoms with van der Waals surface area (Å²) in [4.78, 5) is 15.3. The SMILES string of the molecule is CN=CC(C=N)c1cc(C(=N)c2ccc(C)c(N3CCC(N)CC3)n2)c(N)cn1. The van der Waals surface area contributed by atoms with E-state index in [9.17, 15) is 0 Å². The van der Waals surface area contributed by atoms with E-state index < -0.39 is 0 Å². The Morgan fingerprint density at radius 2 is 2.07 bits per heavy atom. The van der Waals surface area contributed by atoms with E-state index in [4.69, 9.17) is 27.3 Å². The molecule has 1 unspecified atom stereocenters. The van der Waals surface area contributed by atoms with Crippen LogP contribution < -0.4 is 16.4 Å². The molecule has 0 aromatic carbocycles. The Bertz CT molecular complexity index is 928. The van der Waals surface area contributed by atoms with Crippen LogP contribution in [0.2, 0.25) is 0 Å². The van der Waals surface area contributed by atoms with Gasteiger partial charge in [0, 0.05) is 44.2 Å². The van der Waals surface area contributed by atoms with E-state index >= 15 is 0 Å². The monoisotopic (exact) mass is 392 g/mol. The van der Waals surface area contributed by atoms with Gasteiger partial charge < -0.3 is 21.8 Å². The summed E-state index contributed by atoms with van der Waals surface area (Å²) in [5.74, 6) is 0.536. The van der Waals surface area contributed by atoms with Gasteiger partial charge in [0.25, 0.3) is 0 Å². The smallest absolute Gasteiger partial charge is 0.132 e. The zero-order valence-corrected chi connectivity index (χ0v) is 16.9. The van der Waals surface area contributed by atoms with Gasteiger partial charge in [-0.2, -0.15) is 0 Å². The summed E-state index contributed by atoms with van der Waals surface area (Å²) in [7, 11) is 1.65. The largest absolute Gasteiger partial charge is 0.397 e. The molecule has 0 saturated carbocycles. The minimum Gasteiger partial charge on any atom is -0.397 e. The highest BCUT2D eigenvalue weighted by atomic mass is 15.2. The average Bonchev–Trinajstić information content (AvgIpc) is 2.73. The van der Waals surface area contributed by atoms with Crippen LogP contribution in [0.1, 0.15) is 41.3 Å². The number of pyridine rings is 2. The average molecular weight is 393 g/mol. The fraction of sp³-hybridized carbons (Fsp3) is 0.381. The molecule has 2 aromatic heterocycles. The first-order valence-corrected chi connectivity index (χ1v) is 9.70. The molecule has 0 aliphatic carbocycles. The number of anilines is 2. The molecule has 0 amide bonds. The van der Waals surface area contributed by atoms with Crippen molar-refractivity contribution in [2.75, 3.05) is 30.8 Å².